The number of halogens is 1. The normalized spacial score (nSPS) is 19.8. The van der Waals surface area contributed by atoms with Gasteiger partial charge in [-0.2, -0.15) is 4.98 Å². The predicted molar refractivity (Wildman–Crippen MR) is 80.0 cm³/mol. The Morgan fingerprint density at radius 3 is 3.05 bits per heavy atom. The molecule has 1 aromatic carbocycles. The van der Waals surface area contributed by atoms with Gasteiger partial charge in [0.25, 0.3) is 5.89 Å². The minimum atomic E-state index is -0.160. The quantitative estimate of drug-likeness (QED) is 0.877. The van der Waals surface area contributed by atoms with Gasteiger partial charge in [-0.25, -0.2) is 0 Å². The van der Waals surface area contributed by atoms with E-state index in [1.807, 2.05) is 0 Å². The second-order valence-corrected chi connectivity index (χ2v) is 5.42. The molecule has 6 nitrogen and oxygen atoms in total. The van der Waals surface area contributed by atoms with E-state index in [0.717, 1.165) is 19.6 Å². The molecule has 1 unspecified atom stereocenters. The molecular formula is C14H17ClN4O2. The van der Waals surface area contributed by atoms with Crippen molar-refractivity contribution in [3.05, 3.63) is 29.0 Å². The smallest absolute Gasteiger partial charge is 0.258 e. The molecule has 1 atom stereocenters. The predicted octanol–water partition coefficient (Wildman–Crippen LogP) is 2.37. The molecule has 1 aliphatic heterocycles. The molecule has 0 spiro atoms. The number of hydrogen-bond donors (Lipinski definition) is 1. The fourth-order valence-electron chi connectivity index (χ4n) is 2.36. The number of morpholine rings is 1. The summed E-state index contributed by atoms with van der Waals surface area (Å²) in [5, 5.41) is 4.56. The first kappa shape index (κ1) is 14.3. The topological polar surface area (TPSA) is 77.4 Å². The Hall–Kier alpha value is -1.63. The van der Waals surface area contributed by atoms with Crippen molar-refractivity contribution in [1.82, 2.24) is 15.0 Å². The van der Waals surface area contributed by atoms with Gasteiger partial charge < -0.3 is 15.0 Å². The van der Waals surface area contributed by atoms with Gasteiger partial charge in [0.1, 0.15) is 6.10 Å². The highest BCUT2D eigenvalue weighted by molar-refractivity contribution is 6.31. The first-order chi connectivity index (χ1) is 10.2. The monoisotopic (exact) mass is 308 g/mol. The van der Waals surface area contributed by atoms with E-state index in [1.54, 1.807) is 18.2 Å². The summed E-state index contributed by atoms with van der Waals surface area (Å²) in [7, 11) is 0. The van der Waals surface area contributed by atoms with Gasteiger partial charge in [-0.15, -0.1) is 0 Å². The Morgan fingerprint density at radius 2 is 2.29 bits per heavy atom. The van der Waals surface area contributed by atoms with E-state index in [2.05, 4.69) is 22.0 Å². The molecule has 2 heterocycles. The largest absolute Gasteiger partial charge is 0.399 e. The maximum absolute atomic E-state index is 5.99. The van der Waals surface area contributed by atoms with Crippen LogP contribution in [0.1, 0.15) is 18.9 Å². The van der Waals surface area contributed by atoms with Gasteiger partial charge in [-0.05, 0) is 24.7 Å². The van der Waals surface area contributed by atoms with Gasteiger partial charge in [0.15, 0.2) is 0 Å². The van der Waals surface area contributed by atoms with Gasteiger partial charge in [0.2, 0.25) is 5.82 Å². The van der Waals surface area contributed by atoms with Crippen LogP contribution in [0.4, 0.5) is 5.69 Å². The van der Waals surface area contributed by atoms with Crippen LogP contribution in [0.5, 0.6) is 0 Å². The molecule has 0 amide bonds. The lowest BCUT2D eigenvalue weighted by molar-refractivity contribution is -0.0334. The Labute approximate surface area is 127 Å². The van der Waals surface area contributed by atoms with Gasteiger partial charge in [-0.3, -0.25) is 4.90 Å². The van der Waals surface area contributed by atoms with E-state index in [-0.39, 0.29) is 6.10 Å². The Kier molecular flexibility index (Phi) is 4.10. The average molecular weight is 309 g/mol. The van der Waals surface area contributed by atoms with Crippen LogP contribution < -0.4 is 5.73 Å². The van der Waals surface area contributed by atoms with E-state index >= 15 is 0 Å². The van der Waals surface area contributed by atoms with E-state index < -0.39 is 0 Å². The molecule has 0 saturated carbocycles. The van der Waals surface area contributed by atoms with Crippen molar-refractivity contribution >= 4 is 17.3 Å². The second kappa shape index (κ2) is 6.01. The molecule has 0 bridgehead atoms. The van der Waals surface area contributed by atoms with Crippen LogP contribution in [0, 0.1) is 0 Å². The summed E-state index contributed by atoms with van der Waals surface area (Å²) in [6, 6.07) is 5.17. The number of likely N-dealkylation sites (N-methyl/N-ethyl adjacent to an activating group) is 1. The summed E-state index contributed by atoms with van der Waals surface area (Å²) < 4.78 is 11.0. The third-order valence-electron chi connectivity index (χ3n) is 3.49. The second-order valence-electron chi connectivity index (χ2n) is 4.98. The van der Waals surface area contributed by atoms with Crippen molar-refractivity contribution in [3.63, 3.8) is 0 Å². The summed E-state index contributed by atoms with van der Waals surface area (Å²) >= 11 is 5.99. The molecule has 0 aliphatic carbocycles. The molecule has 2 aromatic rings. The van der Waals surface area contributed by atoms with Gasteiger partial charge in [0.05, 0.1) is 6.61 Å². The molecule has 1 aromatic heterocycles. The highest BCUT2D eigenvalue weighted by Crippen LogP contribution is 2.27. The molecule has 7 heteroatoms. The van der Waals surface area contributed by atoms with E-state index in [1.165, 1.54) is 0 Å². The van der Waals surface area contributed by atoms with Crippen molar-refractivity contribution in [2.75, 3.05) is 32.0 Å². The average Bonchev–Trinajstić information content (AvgIpc) is 2.96. The summed E-state index contributed by atoms with van der Waals surface area (Å²) in [6.07, 6.45) is -0.160. The van der Waals surface area contributed by atoms with Crippen molar-refractivity contribution < 1.29 is 9.26 Å². The van der Waals surface area contributed by atoms with Crippen LogP contribution in [0.15, 0.2) is 22.7 Å². The zero-order chi connectivity index (χ0) is 14.8. The minimum Gasteiger partial charge on any atom is -0.399 e. The Balaban J connectivity index is 1.82. The fraction of sp³-hybridized carbons (Fsp3) is 0.429. The van der Waals surface area contributed by atoms with Crippen molar-refractivity contribution in [2.45, 2.75) is 13.0 Å². The summed E-state index contributed by atoms with van der Waals surface area (Å²) in [5.74, 6) is 0.957. The standard InChI is InChI=1S/C14H17ClN4O2/c1-2-19-3-4-20-12(8-19)13-17-14(21-18-13)9-5-10(15)7-11(16)6-9/h5-7,12H,2-4,8,16H2,1H3. The van der Waals surface area contributed by atoms with Crippen LogP contribution in [0.3, 0.4) is 0 Å². The van der Waals surface area contributed by atoms with Gasteiger partial charge >= 0.3 is 0 Å². The third kappa shape index (κ3) is 3.18. The van der Waals surface area contributed by atoms with E-state index in [9.17, 15) is 0 Å². The van der Waals surface area contributed by atoms with Gasteiger partial charge in [-0.1, -0.05) is 23.7 Å². The van der Waals surface area contributed by atoms with Crippen molar-refractivity contribution in [2.24, 2.45) is 0 Å². The zero-order valence-corrected chi connectivity index (χ0v) is 12.5. The van der Waals surface area contributed by atoms with Crippen LogP contribution >= 0.6 is 11.6 Å². The fourth-order valence-corrected chi connectivity index (χ4v) is 2.61. The lowest BCUT2D eigenvalue weighted by Gasteiger charge is -2.30. The van der Waals surface area contributed by atoms with E-state index in [0.29, 0.717) is 34.6 Å². The molecule has 1 fully saturated rings. The Bertz CT molecular complexity index is 611. The number of aromatic nitrogens is 2. The maximum Gasteiger partial charge on any atom is 0.258 e. The number of rotatable bonds is 3. The molecule has 2 N–H and O–H groups in total. The zero-order valence-electron chi connectivity index (χ0n) is 11.8. The first-order valence-electron chi connectivity index (χ1n) is 6.89. The molecule has 0 radical (unpaired) electrons. The van der Waals surface area contributed by atoms with Crippen LogP contribution in [0.2, 0.25) is 5.02 Å². The number of hydrogen-bond acceptors (Lipinski definition) is 6. The number of nitrogen functional groups attached to an aromatic ring is 1. The van der Waals surface area contributed by atoms with Crippen LogP contribution in [0.25, 0.3) is 11.5 Å². The maximum atomic E-state index is 5.99. The van der Waals surface area contributed by atoms with Gasteiger partial charge in [0, 0.05) is 29.4 Å². The first-order valence-corrected chi connectivity index (χ1v) is 7.27. The lowest BCUT2D eigenvalue weighted by atomic mass is 10.2. The lowest BCUT2D eigenvalue weighted by Crippen LogP contribution is -2.38. The van der Waals surface area contributed by atoms with E-state index in [4.69, 9.17) is 26.6 Å². The molecule has 112 valence electrons. The van der Waals surface area contributed by atoms with Crippen molar-refractivity contribution in [1.29, 1.82) is 0 Å². The number of anilines is 1. The molecular weight excluding hydrogens is 292 g/mol. The highest BCUT2D eigenvalue weighted by Gasteiger charge is 2.25. The number of nitrogens with two attached hydrogens (primary N) is 1. The number of benzene rings is 1. The molecule has 21 heavy (non-hydrogen) atoms. The summed E-state index contributed by atoms with van der Waals surface area (Å²) in [5.41, 5.74) is 7.05. The van der Waals surface area contributed by atoms with Crippen molar-refractivity contribution in [3.8, 4) is 11.5 Å². The third-order valence-corrected chi connectivity index (χ3v) is 3.71. The van der Waals surface area contributed by atoms with Crippen LogP contribution in [-0.4, -0.2) is 41.3 Å². The minimum absolute atomic E-state index is 0.160. The summed E-state index contributed by atoms with van der Waals surface area (Å²) in [4.78, 5) is 6.70. The number of nitrogens with zero attached hydrogens (tertiary/aromatic N) is 3. The molecule has 3 rings (SSSR count). The van der Waals surface area contributed by atoms with Crippen LogP contribution in [-0.2, 0) is 4.74 Å². The summed E-state index contributed by atoms with van der Waals surface area (Å²) in [6.45, 7) is 5.48. The highest BCUT2D eigenvalue weighted by atomic mass is 35.5. The SMILES string of the molecule is CCN1CCOC(c2noc(-c3cc(N)cc(Cl)c3)n2)C1. The molecule has 1 aliphatic rings. The Morgan fingerprint density at radius 1 is 1.43 bits per heavy atom. The number of ether oxygens (including phenoxy) is 1. The molecule has 1 saturated heterocycles.